The quantitative estimate of drug-likeness (QED) is 0.137. The van der Waals surface area contributed by atoms with Gasteiger partial charge in [-0.25, -0.2) is 0 Å². The molecule has 0 spiro atoms. The van der Waals surface area contributed by atoms with Crippen molar-refractivity contribution < 1.29 is 43.2 Å². The Labute approximate surface area is 242 Å². The molecule has 3 saturated carbocycles. The first-order chi connectivity index (χ1) is 19.0. The van der Waals surface area contributed by atoms with Crippen LogP contribution in [0.25, 0.3) is 0 Å². The molecule has 0 aromatic rings. The second kappa shape index (κ2) is 13.4. The van der Waals surface area contributed by atoms with Crippen LogP contribution in [0.4, 0.5) is 26.3 Å². The molecule has 3 rings (SSSR count). The molecule has 0 bridgehead atoms. The van der Waals surface area contributed by atoms with Crippen LogP contribution in [0.5, 0.6) is 0 Å². The zero-order valence-corrected chi connectivity index (χ0v) is 26.8. The summed E-state index contributed by atoms with van der Waals surface area (Å²) in [6.07, 6.45) is 11.9. The van der Waals surface area contributed by atoms with E-state index in [4.69, 9.17) is 0 Å². The van der Waals surface area contributed by atoms with Crippen LogP contribution < -0.4 is 5.09 Å². The molecular weight excluding hydrogens is 613 g/mol. The van der Waals surface area contributed by atoms with E-state index in [-0.39, 0.29) is 23.4 Å². The molecule has 0 aromatic carbocycles. The summed E-state index contributed by atoms with van der Waals surface area (Å²) in [4.78, 5) is 0. The molecule has 0 heterocycles. The number of hydrogen-bond donors (Lipinski definition) is 1. The standard InChI is InChI=1S/C26H47F6N2O4PS2/c1-3-20-24(4-2,34(40(35,36)25(27,28)29)41(37,38)26(30,31)32)33-39(21-14-8-5-9-15-21,22-16-10-6-11-17-22)23-18-12-7-13-19-23/h21-23,33,39H,3-20H2,1-2H3. The molecule has 1 unspecified atom stereocenters. The minimum absolute atomic E-state index is 0.0113. The van der Waals surface area contributed by atoms with Gasteiger partial charge in [-0.15, -0.1) is 0 Å². The molecule has 0 aliphatic heterocycles. The molecule has 41 heavy (non-hydrogen) atoms. The molecule has 0 saturated heterocycles. The number of rotatable bonds is 11. The van der Waals surface area contributed by atoms with Gasteiger partial charge in [0.2, 0.25) is 0 Å². The van der Waals surface area contributed by atoms with Crippen molar-refractivity contribution in [2.24, 2.45) is 0 Å². The summed E-state index contributed by atoms with van der Waals surface area (Å²) < 4.78 is 136. The Morgan fingerprint density at radius 2 is 0.951 bits per heavy atom. The van der Waals surface area contributed by atoms with Crippen LogP contribution in [0.1, 0.15) is 129 Å². The van der Waals surface area contributed by atoms with Crippen LogP contribution in [-0.2, 0) is 20.0 Å². The molecule has 3 fully saturated rings. The Kier molecular flexibility index (Phi) is 11.6. The van der Waals surface area contributed by atoms with Crippen molar-refractivity contribution in [3.63, 3.8) is 0 Å². The fourth-order valence-corrected chi connectivity index (χ4v) is 19.7. The molecule has 0 amide bonds. The van der Waals surface area contributed by atoms with Gasteiger partial charge in [0.1, 0.15) is 0 Å². The summed E-state index contributed by atoms with van der Waals surface area (Å²) in [5.41, 5.74) is -15.0. The van der Waals surface area contributed by atoms with Gasteiger partial charge in [0.25, 0.3) is 0 Å². The Bertz CT molecular complexity index is 979. The number of nitrogens with zero attached hydrogens (tertiary/aromatic N) is 1. The zero-order valence-electron chi connectivity index (χ0n) is 24.1. The summed E-state index contributed by atoms with van der Waals surface area (Å²) in [6, 6.07) is 0. The van der Waals surface area contributed by atoms with E-state index in [1.165, 1.54) is 13.8 Å². The Balaban J connectivity index is 2.38. The van der Waals surface area contributed by atoms with Gasteiger partial charge in [-0.3, -0.25) is 0 Å². The van der Waals surface area contributed by atoms with Gasteiger partial charge in [-0.1, -0.05) is 0 Å². The van der Waals surface area contributed by atoms with Gasteiger partial charge in [0.05, 0.1) is 0 Å². The summed E-state index contributed by atoms with van der Waals surface area (Å²) in [7, 11) is -17.1. The van der Waals surface area contributed by atoms with E-state index < -0.39 is 60.7 Å². The molecule has 0 radical (unpaired) electrons. The molecule has 1 N–H and O–H groups in total. The number of hydrogen-bond acceptors (Lipinski definition) is 5. The first kappa shape index (κ1) is 35.3. The summed E-state index contributed by atoms with van der Waals surface area (Å²) in [6.45, 7) is 2.82. The van der Waals surface area contributed by atoms with Crippen LogP contribution >= 0.6 is 7.41 Å². The fraction of sp³-hybridized carbons (Fsp3) is 1.00. The van der Waals surface area contributed by atoms with Crippen molar-refractivity contribution >= 4 is 27.5 Å². The van der Waals surface area contributed by atoms with Gasteiger partial charge in [0, 0.05) is 0 Å². The maximum absolute atomic E-state index is 14.1. The van der Waals surface area contributed by atoms with E-state index in [9.17, 15) is 43.2 Å². The molecule has 0 aromatic heterocycles. The predicted octanol–water partition coefficient (Wildman–Crippen LogP) is 8.15. The van der Waals surface area contributed by atoms with Gasteiger partial charge in [-0.2, -0.15) is 0 Å². The van der Waals surface area contributed by atoms with Gasteiger partial charge < -0.3 is 0 Å². The zero-order chi connectivity index (χ0) is 30.7. The van der Waals surface area contributed by atoms with Crippen LogP contribution in [0.2, 0.25) is 0 Å². The Hall–Kier alpha value is -0.170. The third-order valence-electron chi connectivity index (χ3n) is 9.91. The second-order valence-electron chi connectivity index (χ2n) is 12.3. The third-order valence-corrected chi connectivity index (χ3v) is 20.5. The third kappa shape index (κ3) is 6.91. The van der Waals surface area contributed by atoms with Crippen molar-refractivity contribution in [2.45, 2.75) is 163 Å². The summed E-state index contributed by atoms with van der Waals surface area (Å²) in [5, 5.41) is 3.40. The van der Waals surface area contributed by atoms with Crippen molar-refractivity contribution in [1.82, 2.24) is 8.80 Å². The van der Waals surface area contributed by atoms with E-state index in [2.05, 4.69) is 5.09 Å². The summed E-state index contributed by atoms with van der Waals surface area (Å²) >= 11 is 0. The monoisotopic (exact) mass is 660 g/mol. The number of halogens is 6. The maximum atomic E-state index is 14.1. The van der Waals surface area contributed by atoms with Gasteiger partial charge in [-0.05, 0) is 0 Å². The molecule has 3 aliphatic carbocycles. The van der Waals surface area contributed by atoms with Crippen LogP contribution in [0, 0.1) is 0 Å². The van der Waals surface area contributed by atoms with Crippen molar-refractivity contribution in [3.05, 3.63) is 0 Å². The number of sulfonamides is 2. The topological polar surface area (TPSA) is 83.6 Å². The molecular formula is C26H47F6N2O4PS2. The van der Waals surface area contributed by atoms with E-state index in [0.29, 0.717) is 0 Å². The van der Waals surface area contributed by atoms with Gasteiger partial charge >= 0.3 is 243 Å². The first-order valence-electron chi connectivity index (χ1n) is 15.2. The first-order valence-corrected chi connectivity index (χ1v) is 20.3. The van der Waals surface area contributed by atoms with Crippen LogP contribution in [-0.4, -0.2) is 54.2 Å². The van der Waals surface area contributed by atoms with Crippen molar-refractivity contribution in [1.29, 1.82) is 0 Å². The van der Waals surface area contributed by atoms with Crippen molar-refractivity contribution in [3.8, 4) is 0 Å². The molecule has 6 nitrogen and oxygen atoms in total. The van der Waals surface area contributed by atoms with Crippen molar-refractivity contribution in [2.75, 3.05) is 0 Å². The molecule has 3 aliphatic rings. The predicted molar refractivity (Wildman–Crippen MR) is 152 cm³/mol. The van der Waals surface area contributed by atoms with Crippen LogP contribution in [0.15, 0.2) is 0 Å². The molecule has 15 heteroatoms. The van der Waals surface area contributed by atoms with E-state index in [1.807, 2.05) is 0 Å². The summed E-state index contributed by atoms with van der Waals surface area (Å²) in [5.74, 6) is 0. The number of nitrogens with one attached hydrogen (secondary N) is 1. The average molecular weight is 661 g/mol. The van der Waals surface area contributed by atoms with E-state index >= 15 is 0 Å². The average Bonchev–Trinajstić information content (AvgIpc) is 2.91. The fourth-order valence-electron chi connectivity index (χ4n) is 8.23. The van der Waals surface area contributed by atoms with E-state index in [0.717, 1.165) is 96.3 Å². The van der Waals surface area contributed by atoms with Crippen LogP contribution in [0.3, 0.4) is 0 Å². The minimum atomic E-state index is -6.95. The van der Waals surface area contributed by atoms with E-state index in [1.54, 1.807) is 0 Å². The molecule has 1 atom stereocenters. The molecule has 244 valence electrons. The second-order valence-corrected chi connectivity index (χ2v) is 20.6. The SMILES string of the molecule is CCCC(CC)(N[PH](C1CCCCC1)(C1CCCCC1)C1CCCCC1)N(S(=O)(=O)C(F)(F)F)S(=O)(=O)C(F)(F)F. The number of alkyl halides is 6. The van der Waals surface area contributed by atoms with Gasteiger partial charge in [0.15, 0.2) is 0 Å². The Morgan fingerprint density at radius 1 is 0.634 bits per heavy atom. The normalized spacial score (nSPS) is 23.9. The Morgan fingerprint density at radius 3 is 1.20 bits per heavy atom.